The van der Waals surface area contributed by atoms with Crippen LogP contribution in [0.2, 0.25) is 0 Å². The summed E-state index contributed by atoms with van der Waals surface area (Å²) in [5, 5.41) is 11.3. The number of methoxy groups -OCH3 is 1. The van der Waals surface area contributed by atoms with E-state index in [-0.39, 0.29) is 18.0 Å². The molecule has 5 unspecified atom stereocenters. The molecule has 2 fully saturated rings. The number of rotatable bonds is 4. The number of likely N-dealkylation sites (tertiary alicyclic amines) is 1. The van der Waals surface area contributed by atoms with Crippen LogP contribution >= 0.6 is 0 Å². The zero-order valence-electron chi connectivity index (χ0n) is 17.9. The maximum atomic E-state index is 14.3. The molecule has 1 aromatic heterocycles. The van der Waals surface area contributed by atoms with E-state index in [1.54, 1.807) is 13.2 Å². The van der Waals surface area contributed by atoms with E-state index in [0.29, 0.717) is 23.3 Å². The van der Waals surface area contributed by atoms with Crippen molar-refractivity contribution in [3.8, 4) is 5.75 Å². The van der Waals surface area contributed by atoms with Crippen LogP contribution in [0, 0.1) is 23.6 Å². The van der Waals surface area contributed by atoms with Gasteiger partial charge >= 0.3 is 0 Å². The van der Waals surface area contributed by atoms with Crippen LogP contribution in [-0.4, -0.2) is 41.3 Å². The summed E-state index contributed by atoms with van der Waals surface area (Å²) in [6, 6.07) is 14.0. The minimum absolute atomic E-state index is 0.155. The average molecular weight is 421 g/mol. The Morgan fingerprint density at radius 1 is 1.16 bits per heavy atom. The Morgan fingerprint density at radius 2 is 2.00 bits per heavy atom. The standard InChI is InChI=1S/C26H29FN2O2/c1-31-18-5-2-4-16(10-18)26(21-13-24(21)30)29-9-8-15-12-23-20(11-17(15)14-29)19-6-3-7-22(27)25(19)28-23/h2-7,10,15,17,21,24,26,28,30H,8-9,11-14H2,1H3. The lowest BCUT2D eigenvalue weighted by Crippen LogP contribution is -2.46. The summed E-state index contributed by atoms with van der Waals surface area (Å²) in [5.74, 6) is 2.21. The summed E-state index contributed by atoms with van der Waals surface area (Å²) in [6.45, 7) is 2.06. The van der Waals surface area contributed by atoms with Crippen LogP contribution in [0.3, 0.4) is 0 Å². The summed E-state index contributed by atoms with van der Waals surface area (Å²) >= 11 is 0. The van der Waals surface area contributed by atoms with Gasteiger partial charge < -0.3 is 14.8 Å². The Morgan fingerprint density at radius 3 is 2.81 bits per heavy atom. The highest BCUT2D eigenvalue weighted by molar-refractivity contribution is 5.85. The van der Waals surface area contributed by atoms with Gasteiger partial charge in [0.1, 0.15) is 11.6 Å². The first kappa shape index (κ1) is 19.3. The first-order valence-electron chi connectivity index (χ1n) is 11.5. The van der Waals surface area contributed by atoms with Crippen molar-refractivity contribution < 1.29 is 14.2 Å². The molecule has 2 heterocycles. The Labute approximate surface area is 182 Å². The van der Waals surface area contributed by atoms with Crippen molar-refractivity contribution in [3.05, 3.63) is 65.1 Å². The number of H-pyrrole nitrogens is 1. The molecule has 3 aromatic rings. The lowest BCUT2D eigenvalue weighted by Gasteiger charge is -2.44. The van der Waals surface area contributed by atoms with Gasteiger partial charge in [0.25, 0.3) is 0 Å². The zero-order chi connectivity index (χ0) is 21.1. The predicted octanol–water partition coefficient (Wildman–Crippen LogP) is 4.47. The van der Waals surface area contributed by atoms with E-state index in [2.05, 4.69) is 28.1 Å². The first-order valence-corrected chi connectivity index (χ1v) is 11.5. The third kappa shape index (κ3) is 3.26. The van der Waals surface area contributed by atoms with Gasteiger partial charge in [-0.3, -0.25) is 4.90 Å². The molecule has 4 nitrogen and oxygen atoms in total. The van der Waals surface area contributed by atoms with Crippen molar-refractivity contribution in [1.82, 2.24) is 9.88 Å². The van der Waals surface area contributed by atoms with E-state index < -0.39 is 0 Å². The molecular weight excluding hydrogens is 391 g/mol. The third-order valence-electron chi connectivity index (χ3n) is 7.87. The molecule has 1 saturated heterocycles. The van der Waals surface area contributed by atoms with E-state index in [4.69, 9.17) is 4.74 Å². The molecule has 6 rings (SSSR count). The van der Waals surface area contributed by atoms with Gasteiger partial charge in [0.05, 0.1) is 18.7 Å². The second-order valence-corrected chi connectivity index (χ2v) is 9.64. The number of benzene rings is 2. The van der Waals surface area contributed by atoms with Gasteiger partial charge in [-0.05, 0) is 73.4 Å². The van der Waals surface area contributed by atoms with Gasteiger partial charge in [0, 0.05) is 29.6 Å². The van der Waals surface area contributed by atoms with Gasteiger partial charge in [0.2, 0.25) is 0 Å². The first-order chi connectivity index (χ1) is 15.1. The van der Waals surface area contributed by atoms with Crippen molar-refractivity contribution in [2.75, 3.05) is 20.2 Å². The van der Waals surface area contributed by atoms with Crippen molar-refractivity contribution in [2.24, 2.45) is 17.8 Å². The number of halogens is 1. The number of nitrogens with one attached hydrogen (secondary N) is 1. The van der Waals surface area contributed by atoms with Crippen LogP contribution < -0.4 is 4.74 Å². The second kappa shape index (κ2) is 7.35. The van der Waals surface area contributed by atoms with E-state index in [1.807, 2.05) is 18.2 Å². The Balaban J connectivity index is 1.29. The highest BCUT2D eigenvalue weighted by Gasteiger charge is 2.47. The van der Waals surface area contributed by atoms with E-state index in [0.717, 1.165) is 49.9 Å². The Hall–Kier alpha value is -2.37. The Bertz CT molecular complexity index is 1130. The minimum atomic E-state index is -0.205. The Kier molecular flexibility index (Phi) is 4.58. The molecule has 2 N–H and O–H groups in total. The second-order valence-electron chi connectivity index (χ2n) is 9.64. The molecule has 5 atom stereocenters. The molecule has 1 aliphatic heterocycles. The molecule has 0 bridgehead atoms. The number of aliphatic hydroxyl groups excluding tert-OH is 1. The number of para-hydroxylation sites is 1. The highest BCUT2D eigenvalue weighted by atomic mass is 19.1. The summed E-state index contributed by atoms with van der Waals surface area (Å²) in [7, 11) is 1.70. The molecule has 0 amide bonds. The number of aliphatic hydroxyl groups is 1. The molecular formula is C26H29FN2O2. The van der Waals surface area contributed by atoms with Gasteiger partial charge in [0.15, 0.2) is 0 Å². The fraction of sp³-hybridized carbons (Fsp3) is 0.462. The maximum absolute atomic E-state index is 14.3. The maximum Gasteiger partial charge on any atom is 0.147 e. The lowest BCUT2D eigenvalue weighted by molar-refractivity contribution is 0.0583. The van der Waals surface area contributed by atoms with Crippen LogP contribution in [0.4, 0.5) is 4.39 Å². The molecule has 2 aromatic carbocycles. The smallest absolute Gasteiger partial charge is 0.147 e. The number of aromatic amines is 1. The number of piperidine rings is 1. The quantitative estimate of drug-likeness (QED) is 0.655. The average Bonchev–Trinajstić information content (AvgIpc) is 3.38. The van der Waals surface area contributed by atoms with Crippen molar-refractivity contribution in [2.45, 2.75) is 37.8 Å². The monoisotopic (exact) mass is 420 g/mol. The summed E-state index contributed by atoms with van der Waals surface area (Å²) in [5.41, 5.74) is 4.45. The normalized spacial score (nSPS) is 28.7. The van der Waals surface area contributed by atoms with E-state index in [1.165, 1.54) is 16.8 Å². The molecule has 5 heteroatoms. The lowest BCUT2D eigenvalue weighted by atomic mass is 9.73. The summed E-state index contributed by atoms with van der Waals surface area (Å²) in [4.78, 5) is 5.98. The number of nitrogens with zero attached hydrogens (tertiary/aromatic N) is 1. The third-order valence-corrected chi connectivity index (χ3v) is 7.87. The van der Waals surface area contributed by atoms with E-state index >= 15 is 0 Å². The molecule has 31 heavy (non-hydrogen) atoms. The SMILES string of the molecule is COc1cccc(C(C2CC2O)N2CCC3Cc4[nH]c5c(F)cccc5c4CC3C2)c1. The van der Waals surface area contributed by atoms with Crippen molar-refractivity contribution in [1.29, 1.82) is 0 Å². The summed E-state index contributed by atoms with van der Waals surface area (Å²) in [6.07, 6.45) is 3.82. The number of hydrogen-bond donors (Lipinski definition) is 2. The minimum Gasteiger partial charge on any atom is -0.497 e. The largest absolute Gasteiger partial charge is 0.497 e. The molecule has 1 saturated carbocycles. The number of aromatic nitrogens is 1. The number of hydrogen-bond acceptors (Lipinski definition) is 3. The van der Waals surface area contributed by atoms with Gasteiger partial charge in [-0.15, -0.1) is 0 Å². The van der Waals surface area contributed by atoms with Crippen LogP contribution in [0.15, 0.2) is 42.5 Å². The van der Waals surface area contributed by atoms with Crippen LogP contribution in [0.25, 0.3) is 10.9 Å². The molecule has 2 aliphatic carbocycles. The van der Waals surface area contributed by atoms with Crippen LogP contribution in [0.5, 0.6) is 5.75 Å². The fourth-order valence-electron chi connectivity index (χ4n) is 6.18. The molecule has 0 spiro atoms. The molecule has 162 valence electrons. The van der Waals surface area contributed by atoms with Gasteiger partial charge in [-0.25, -0.2) is 4.39 Å². The van der Waals surface area contributed by atoms with Crippen LogP contribution in [0.1, 0.15) is 35.7 Å². The highest BCUT2D eigenvalue weighted by Crippen LogP contribution is 2.48. The predicted molar refractivity (Wildman–Crippen MR) is 119 cm³/mol. The molecule has 3 aliphatic rings. The molecule has 0 radical (unpaired) electrons. The zero-order valence-corrected chi connectivity index (χ0v) is 17.9. The van der Waals surface area contributed by atoms with Gasteiger partial charge in [-0.1, -0.05) is 24.3 Å². The van der Waals surface area contributed by atoms with E-state index in [9.17, 15) is 9.50 Å². The van der Waals surface area contributed by atoms with Crippen LogP contribution in [-0.2, 0) is 12.8 Å². The van der Waals surface area contributed by atoms with Gasteiger partial charge in [-0.2, -0.15) is 0 Å². The summed E-state index contributed by atoms with van der Waals surface area (Å²) < 4.78 is 19.8. The van der Waals surface area contributed by atoms with Crippen molar-refractivity contribution >= 4 is 10.9 Å². The van der Waals surface area contributed by atoms with Crippen molar-refractivity contribution in [3.63, 3.8) is 0 Å². The number of ether oxygens (including phenoxy) is 1. The topological polar surface area (TPSA) is 48.5 Å². The number of fused-ring (bicyclic) bond motifs is 4. The fourth-order valence-corrected chi connectivity index (χ4v) is 6.18.